The molecule has 0 fully saturated rings. The van der Waals surface area contributed by atoms with Crippen LogP contribution >= 0.6 is 11.3 Å². The lowest BCUT2D eigenvalue weighted by atomic mass is 10.5. The standard InChI is InChI=1S/C11H21N3S/c1-4-12-7-10-8-13-11(15-10)9-14(5-2)6-3/h8,12H,4-7,9H2,1-3H3. The number of thiazole rings is 1. The van der Waals surface area contributed by atoms with Crippen LogP contribution in [0.25, 0.3) is 0 Å². The zero-order chi connectivity index (χ0) is 11.1. The first-order valence-electron chi connectivity index (χ1n) is 5.66. The summed E-state index contributed by atoms with van der Waals surface area (Å²) in [7, 11) is 0. The van der Waals surface area contributed by atoms with Crippen LogP contribution < -0.4 is 5.32 Å². The molecule has 1 rings (SSSR count). The van der Waals surface area contributed by atoms with Crippen LogP contribution in [0.3, 0.4) is 0 Å². The molecule has 0 bridgehead atoms. The summed E-state index contributed by atoms with van der Waals surface area (Å²) in [6.45, 7) is 11.7. The molecular weight excluding hydrogens is 206 g/mol. The molecule has 1 heterocycles. The maximum atomic E-state index is 4.44. The third-order valence-corrected chi connectivity index (χ3v) is 3.39. The van der Waals surface area contributed by atoms with Crippen molar-refractivity contribution in [2.24, 2.45) is 0 Å². The van der Waals surface area contributed by atoms with Gasteiger partial charge in [-0.3, -0.25) is 4.90 Å². The van der Waals surface area contributed by atoms with Gasteiger partial charge in [-0.2, -0.15) is 0 Å². The smallest absolute Gasteiger partial charge is 0.107 e. The number of rotatable bonds is 7. The van der Waals surface area contributed by atoms with E-state index >= 15 is 0 Å². The molecule has 0 saturated carbocycles. The highest BCUT2D eigenvalue weighted by Gasteiger charge is 2.05. The second kappa shape index (κ2) is 6.93. The minimum Gasteiger partial charge on any atom is -0.312 e. The molecule has 0 aliphatic heterocycles. The maximum Gasteiger partial charge on any atom is 0.107 e. The zero-order valence-electron chi connectivity index (χ0n) is 9.92. The lowest BCUT2D eigenvalue weighted by Crippen LogP contribution is -2.21. The molecule has 3 nitrogen and oxygen atoms in total. The number of nitrogens with zero attached hydrogens (tertiary/aromatic N) is 2. The topological polar surface area (TPSA) is 28.2 Å². The van der Waals surface area contributed by atoms with Gasteiger partial charge < -0.3 is 5.32 Å². The molecule has 0 aliphatic rings. The highest BCUT2D eigenvalue weighted by Crippen LogP contribution is 2.14. The second-order valence-corrected chi connectivity index (χ2v) is 4.66. The van der Waals surface area contributed by atoms with E-state index in [-0.39, 0.29) is 0 Å². The first kappa shape index (κ1) is 12.6. The van der Waals surface area contributed by atoms with Crippen molar-refractivity contribution in [1.82, 2.24) is 15.2 Å². The predicted molar refractivity (Wildman–Crippen MR) is 66.1 cm³/mol. The van der Waals surface area contributed by atoms with Crippen molar-refractivity contribution < 1.29 is 0 Å². The number of nitrogens with one attached hydrogen (secondary N) is 1. The highest BCUT2D eigenvalue weighted by atomic mass is 32.1. The summed E-state index contributed by atoms with van der Waals surface area (Å²) in [6, 6.07) is 0. The lowest BCUT2D eigenvalue weighted by molar-refractivity contribution is 0.295. The molecule has 0 unspecified atom stereocenters. The largest absolute Gasteiger partial charge is 0.312 e. The van der Waals surface area contributed by atoms with E-state index in [4.69, 9.17) is 0 Å². The third-order valence-electron chi connectivity index (χ3n) is 2.40. The van der Waals surface area contributed by atoms with E-state index in [2.05, 4.69) is 36.0 Å². The molecule has 0 atom stereocenters. The molecule has 0 radical (unpaired) electrons. The summed E-state index contributed by atoms with van der Waals surface area (Å²) in [5.41, 5.74) is 0. The quantitative estimate of drug-likeness (QED) is 0.773. The van der Waals surface area contributed by atoms with Crippen LogP contribution in [0.15, 0.2) is 6.20 Å². The fourth-order valence-corrected chi connectivity index (χ4v) is 2.32. The van der Waals surface area contributed by atoms with Crippen molar-refractivity contribution in [3.05, 3.63) is 16.1 Å². The van der Waals surface area contributed by atoms with E-state index in [1.807, 2.05) is 17.5 Å². The molecule has 0 aromatic carbocycles. The zero-order valence-corrected chi connectivity index (χ0v) is 10.7. The van der Waals surface area contributed by atoms with Crippen LogP contribution in [0, 0.1) is 0 Å². The summed E-state index contributed by atoms with van der Waals surface area (Å²) >= 11 is 1.82. The monoisotopic (exact) mass is 227 g/mol. The Hall–Kier alpha value is -0.450. The van der Waals surface area contributed by atoms with Gasteiger partial charge in [-0.15, -0.1) is 11.3 Å². The van der Waals surface area contributed by atoms with Crippen LogP contribution in [0.2, 0.25) is 0 Å². The van der Waals surface area contributed by atoms with E-state index in [0.717, 1.165) is 32.7 Å². The van der Waals surface area contributed by atoms with Gasteiger partial charge in [0.05, 0.1) is 6.54 Å². The molecule has 1 aromatic rings. The van der Waals surface area contributed by atoms with Crippen LogP contribution in [0.1, 0.15) is 30.7 Å². The average Bonchev–Trinajstić information content (AvgIpc) is 2.70. The van der Waals surface area contributed by atoms with E-state index in [1.54, 1.807) is 0 Å². The van der Waals surface area contributed by atoms with Crippen molar-refractivity contribution in [1.29, 1.82) is 0 Å². The summed E-state index contributed by atoms with van der Waals surface area (Å²) < 4.78 is 0. The molecule has 0 spiro atoms. The molecule has 1 N–H and O–H groups in total. The fourth-order valence-electron chi connectivity index (χ4n) is 1.39. The lowest BCUT2D eigenvalue weighted by Gasteiger charge is -2.15. The Bertz CT molecular complexity index is 269. The third kappa shape index (κ3) is 4.28. The van der Waals surface area contributed by atoms with E-state index in [0.29, 0.717) is 0 Å². The Morgan fingerprint density at radius 1 is 1.33 bits per heavy atom. The summed E-state index contributed by atoms with van der Waals surface area (Å²) in [4.78, 5) is 8.16. The Morgan fingerprint density at radius 2 is 2.07 bits per heavy atom. The van der Waals surface area contributed by atoms with E-state index in [9.17, 15) is 0 Å². The maximum absolute atomic E-state index is 4.44. The van der Waals surface area contributed by atoms with Gasteiger partial charge in [-0.25, -0.2) is 4.98 Å². The summed E-state index contributed by atoms with van der Waals surface area (Å²) in [6.07, 6.45) is 1.99. The number of aromatic nitrogens is 1. The van der Waals surface area contributed by atoms with Crippen LogP contribution in [0.4, 0.5) is 0 Å². The number of hydrogen-bond acceptors (Lipinski definition) is 4. The van der Waals surface area contributed by atoms with Crippen LogP contribution in [-0.2, 0) is 13.1 Å². The minimum absolute atomic E-state index is 0.951. The van der Waals surface area contributed by atoms with Crippen LogP contribution in [0.5, 0.6) is 0 Å². The molecule has 15 heavy (non-hydrogen) atoms. The normalized spacial score (nSPS) is 11.2. The molecule has 0 aliphatic carbocycles. The van der Waals surface area contributed by atoms with E-state index < -0.39 is 0 Å². The minimum atomic E-state index is 0.951. The van der Waals surface area contributed by atoms with Gasteiger partial charge in [-0.1, -0.05) is 20.8 Å². The van der Waals surface area contributed by atoms with Crippen molar-refractivity contribution in [3.8, 4) is 0 Å². The molecule has 0 saturated heterocycles. The SMILES string of the molecule is CCNCc1cnc(CN(CC)CC)s1. The molecule has 1 aromatic heterocycles. The fraction of sp³-hybridized carbons (Fsp3) is 0.727. The van der Waals surface area contributed by atoms with Gasteiger partial charge in [0, 0.05) is 17.6 Å². The van der Waals surface area contributed by atoms with E-state index in [1.165, 1.54) is 9.88 Å². The highest BCUT2D eigenvalue weighted by molar-refractivity contribution is 7.11. The molecule has 0 amide bonds. The van der Waals surface area contributed by atoms with Gasteiger partial charge in [0.15, 0.2) is 0 Å². The number of hydrogen-bond donors (Lipinski definition) is 1. The first-order chi connectivity index (χ1) is 7.30. The van der Waals surface area contributed by atoms with Crippen molar-refractivity contribution in [2.75, 3.05) is 19.6 Å². The average molecular weight is 227 g/mol. The van der Waals surface area contributed by atoms with Gasteiger partial charge in [-0.05, 0) is 19.6 Å². The van der Waals surface area contributed by atoms with Gasteiger partial charge in [0.2, 0.25) is 0 Å². The van der Waals surface area contributed by atoms with Gasteiger partial charge in [0.25, 0.3) is 0 Å². The molecule has 4 heteroatoms. The van der Waals surface area contributed by atoms with Crippen molar-refractivity contribution >= 4 is 11.3 Å². The first-order valence-corrected chi connectivity index (χ1v) is 6.48. The van der Waals surface area contributed by atoms with Crippen molar-refractivity contribution in [2.45, 2.75) is 33.9 Å². The Labute approximate surface area is 96.5 Å². The predicted octanol–water partition coefficient (Wildman–Crippen LogP) is 2.09. The summed E-state index contributed by atoms with van der Waals surface area (Å²) in [5, 5.41) is 4.54. The Morgan fingerprint density at radius 3 is 2.67 bits per heavy atom. The summed E-state index contributed by atoms with van der Waals surface area (Å²) in [5.74, 6) is 0. The van der Waals surface area contributed by atoms with Crippen molar-refractivity contribution in [3.63, 3.8) is 0 Å². The van der Waals surface area contributed by atoms with Gasteiger partial charge in [0.1, 0.15) is 5.01 Å². The Balaban J connectivity index is 2.44. The second-order valence-electron chi connectivity index (χ2n) is 3.46. The van der Waals surface area contributed by atoms with Gasteiger partial charge >= 0.3 is 0 Å². The molecule has 86 valence electrons. The van der Waals surface area contributed by atoms with Crippen LogP contribution in [-0.4, -0.2) is 29.5 Å². The Kier molecular flexibility index (Phi) is 5.83. The molecular formula is C11H21N3S.